The van der Waals surface area contributed by atoms with E-state index >= 15 is 0 Å². The fraction of sp³-hybridized carbons (Fsp3) is 0.500. The molecule has 11 heavy (non-hydrogen) atoms. The van der Waals surface area contributed by atoms with Crippen molar-refractivity contribution in [3.63, 3.8) is 0 Å². The summed E-state index contributed by atoms with van der Waals surface area (Å²) in [5, 5.41) is 3.74. The van der Waals surface area contributed by atoms with Gasteiger partial charge in [0, 0.05) is 13.2 Å². The summed E-state index contributed by atoms with van der Waals surface area (Å²) < 4.78 is 25.3. The van der Waals surface area contributed by atoms with E-state index in [4.69, 9.17) is 5.73 Å². The van der Waals surface area contributed by atoms with Gasteiger partial charge in [-0.15, -0.1) is 0 Å². The monoisotopic (exact) mass is 161 g/mol. The Labute approximate surface area is 62.8 Å². The van der Waals surface area contributed by atoms with Gasteiger partial charge < -0.3 is 5.73 Å². The van der Waals surface area contributed by atoms with Gasteiger partial charge in [0.1, 0.15) is 6.04 Å². The second-order valence-electron chi connectivity index (χ2n) is 2.27. The van der Waals surface area contributed by atoms with Gasteiger partial charge >= 0.3 is 0 Å². The van der Waals surface area contributed by atoms with Crippen LogP contribution in [0.15, 0.2) is 12.3 Å². The molecule has 0 aromatic carbocycles. The lowest BCUT2D eigenvalue weighted by molar-refractivity contribution is 0.114. The highest BCUT2D eigenvalue weighted by molar-refractivity contribution is 5.05. The van der Waals surface area contributed by atoms with Crippen LogP contribution in [0.2, 0.25) is 0 Å². The van der Waals surface area contributed by atoms with Crippen LogP contribution in [0.3, 0.4) is 0 Å². The lowest BCUT2D eigenvalue weighted by Gasteiger charge is -2.05. The maximum atomic E-state index is 11.9. The molecule has 2 N–H and O–H groups in total. The third-order valence-corrected chi connectivity index (χ3v) is 1.35. The third-order valence-electron chi connectivity index (χ3n) is 1.35. The molecule has 0 fully saturated rings. The molecule has 1 rings (SSSR count). The van der Waals surface area contributed by atoms with Crippen LogP contribution >= 0.6 is 0 Å². The molecule has 0 saturated carbocycles. The molecule has 1 aromatic rings. The van der Waals surface area contributed by atoms with E-state index in [2.05, 4.69) is 5.10 Å². The molecule has 5 heteroatoms. The van der Waals surface area contributed by atoms with E-state index in [1.165, 1.54) is 10.7 Å². The first-order valence-electron chi connectivity index (χ1n) is 3.14. The Balaban J connectivity index is 2.76. The molecule has 62 valence electrons. The topological polar surface area (TPSA) is 43.8 Å². The van der Waals surface area contributed by atoms with Crippen molar-refractivity contribution in [3.8, 4) is 0 Å². The summed E-state index contributed by atoms with van der Waals surface area (Å²) in [5.41, 5.74) is 5.35. The third kappa shape index (κ3) is 1.74. The average molecular weight is 161 g/mol. The van der Waals surface area contributed by atoms with Crippen molar-refractivity contribution < 1.29 is 8.78 Å². The number of nitrogens with two attached hydrogens (primary N) is 1. The van der Waals surface area contributed by atoms with Crippen LogP contribution in [0.5, 0.6) is 0 Å². The fourth-order valence-corrected chi connectivity index (χ4v) is 0.740. The summed E-state index contributed by atoms with van der Waals surface area (Å²) in [6.45, 7) is 0. The van der Waals surface area contributed by atoms with E-state index in [0.717, 1.165) is 0 Å². The first-order valence-corrected chi connectivity index (χ1v) is 3.14. The zero-order valence-corrected chi connectivity index (χ0v) is 6.04. The van der Waals surface area contributed by atoms with Gasteiger partial charge in [0.05, 0.1) is 5.69 Å². The van der Waals surface area contributed by atoms with Crippen molar-refractivity contribution >= 4 is 0 Å². The zero-order chi connectivity index (χ0) is 8.43. The van der Waals surface area contributed by atoms with Gasteiger partial charge in [0.2, 0.25) is 0 Å². The molecule has 0 bridgehead atoms. The highest BCUT2D eigenvalue weighted by Crippen LogP contribution is 2.14. The van der Waals surface area contributed by atoms with E-state index in [0.29, 0.717) is 0 Å². The first kappa shape index (κ1) is 8.13. The molecule has 1 unspecified atom stereocenters. The predicted octanol–water partition coefficient (Wildman–Crippen LogP) is 0.685. The van der Waals surface area contributed by atoms with Crippen LogP contribution in [0, 0.1) is 0 Å². The molecular formula is C6H9F2N3. The standard InChI is InChI=1S/C6H9F2N3/c1-11-3-2-4(10-11)5(9)6(7)8/h2-3,5-6H,9H2,1H3. The van der Waals surface area contributed by atoms with Crippen molar-refractivity contribution in [3.05, 3.63) is 18.0 Å². The van der Waals surface area contributed by atoms with Crippen LogP contribution in [0.25, 0.3) is 0 Å². The summed E-state index contributed by atoms with van der Waals surface area (Å²) in [4.78, 5) is 0. The maximum absolute atomic E-state index is 11.9. The Bertz CT molecular complexity index is 233. The molecule has 0 aliphatic heterocycles. The molecule has 1 atom stereocenters. The Morgan fingerprint density at radius 2 is 2.27 bits per heavy atom. The van der Waals surface area contributed by atoms with Gasteiger partial charge in [0.25, 0.3) is 6.43 Å². The number of alkyl halides is 2. The Hall–Kier alpha value is -0.970. The number of aromatic nitrogens is 2. The number of nitrogens with zero attached hydrogens (tertiary/aromatic N) is 2. The normalized spacial score (nSPS) is 13.9. The van der Waals surface area contributed by atoms with Gasteiger partial charge in [0.15, 0.2) is 0 Å². The van der Waals surface area contributed by atoms with Gasteiger partial charge in [-0.2, -0.15) is 5.10 Å². The predicted molar refractivity (Wildman–Crippen MR) is 36.1 cm³/mol. The van der Waals surface area contributed by atoms with E-state index < -0.39 is 12.5 Å². The molecule has 3 nitrogen and oxygen atoms in total. The van der Waals surface area contributed by atoms with Crippen LogP contribution in [0.4, 0.5) is 8.78 Å². The van der Waals surface area contributed by atoms with E-state index in [1.807, 2.05) is 0 Å². The van der Waals surface area contributed by atoms with Crippen molar-refractivity contribution in [1.29, 1.82) is 0 Å². The van der Waals surface area contributed by atoms with E-state index in [9.17, 15) is 8.78 Å². The number of aryl methyl sites for hydroxylation is 1. The minimum atomic E-state index is -2.55. The van der Waals surface area contributed by atoms with Crippen molar-refractivity contribution in [2.24, 2.45) is 12.8 Å². The van der Waals surface area contributed by atoms with Crippen LogP contribution < -0.4 is 5.73 Å². The second-order valence-corrected chi connectivity index (χ2v) is 2.27. The van der Waals surface area contributed by atoms with Gasteiger partial charge in [-0.05, 0) is 6.07 Å². The lowest BCUT2D eigenvalue weighted by atomic mass is 10.2. The van der Waals surface area contributed by atoms with E-state index in [-0.39, 0.29) is 5.69 Å². The summed E-state index contributed by atoms with van der Waals surface area (Å²) in [6.07, 6.45) is -0.970. The van der Waals surface area contributed by atoms with Gasteiger partial charge in [-0.3, -0.25) is 4.68 Å². The quantitative estimate of drug-likeness (QED) is 0.693. The zero-order valence-electron chi connectivity index (χ0n) is 6.04. The van der Waals surface area contributed by atoms with E-state index in [1.54, 1.807) is 13.2 Å². The number of rotatable bonds is 2. The number of hydrogen-bond acceptors (Lipinski definition) is 2. The minimum absolute atomic E-state index is 0.225. The fourth-order valence-electron chi connectivity index (χ4n) is 0.740. The van der Waals surface area contributed by atoms with Gasteiger partial charge in [-0.25, -0.2) is 8.78 Å². The van der Waals surface area contributed by atoms with Crippen molar-refractivity contribution in [2.45, 2.75) is 12.5 Å². The molecular weight excluding hydrogens is 152 g/mol. The summed E-state index contributed by atoms with van der Waals surface area (Å²) in [6, 6.07) is 0.216. The largest absolute Gasteiger partial charge is 0.318 e. The summed E-state index contributed by atoms with van der Waals surface area (Å²) >= 11 is 0. The summed E-state index contributed by atoms with van der Waals surface area (Å²) in [5.74, 6) is 0. The SMILES string of the molecule is Cn1ccc(C(N)C(F)F)n1. The number of hydrogen-bond donors (Lipinski definition) is 1. The molecule has 0 radical (unpaired) electrons. The maximum Gasteiger partial charge on any atom is 0.259 e. The van der Waals surface area contributed by atoms with Crippen LogP contribution in [-0.2, 0) is 7.05 Å². The van der Waals surface area contributed by atoms with Crippen molar-refractivity contribution in [1.82, 2.24) is 9.78 Å². The Morgan fingerprint density at radius 1 is 1.64 bits per heavy atom. The molecule has 0 spiro atoms. The molecule has 0 aliphatic carbocycles. The van der Waals surface area contributed by atoms with Crippen molar-refractivity contribution in [2.75, 3.05) is 0 Å². The second kappa shape index (κ2) is 2.96. The molecule has 0 saturated heterocycles. The molecule has 0 aliphatic rings. The Kier molecular flexibility index (Phi) is 2.19. The van der Waals surface area contributed by atoms with Crippen LogP contribution in [0.1, 0.15) is 11.7 Å². The number of halogens is 2. The Morgan fingerprint density at radius 3 is 2.64 bits per heavy atom. The molecule has 1 heterocycles. The molecule has 1 aromatic heterocycles. The smallest absolute Gasteiger partial charge is 0.259 e. The highest BCUT2D eigenvalue weighted by atomic mass is 19.3. The summed E-state index contributed by atoms with van der Waals surface area (Å²) in [7, 11) is 1.65. The van der Waals surface area contributed by atoms with Crippen LogP contribution in [-0.4, -0.2) is 16.2 Å². The highest BCUT2D eigenvalue weighted by Gasteiger charge is 2.19. The average Bonchev–Trinajstić information content (AvgIpc) is 2.34. The molecule has 0 amide bonds. The minimum Gasteiger partial charge on any atom is -0.318 e. The van der Waals surface area contributed by atoms with Gasteiger partial charge in [-0.1, -0.05) is 0 Å². The first-order chi connectivity index (χ1) is 5.11. The lowest BCUT2D eigenvalue weighted by Crippen LogP contribution is -2.19.